The molecule has 14 heavy (non-hydrogen) atoms. The maximum absolute atomic E-state index is 12.3. The van der Waals surface area contributed by atoms with Crippen LogP contribution in [0.1, 0.15) is 0 Å². The summed E-state index contributed by atoms with van der Waals surface area (Å²) < 4.78 is 57.9. The molecule has 1 rings (SSSR count). The molecule has 0 saturated carbocycles. The van der Waals surface area contributed by atoms with E-state index in [1.54, 1.807) is 0 Å². The minimum atomic E-state index is -4.70. The van der Waals surface area contributed by atoms with Gasteiger partial charge in [0.2, 0.25) is 5.37 Å². The van der Waals surface area contributed by atoms with Crippen molar-refractivity contribution in [1.82, 2.24) is 10.2 Å². The lowest BCUT2D eigenvalue weighted by Gasteiger charge is -2.32. The molecule has 1 fully saturated rings. The molecule has 1 aliphatic heterocycles. The van der Waals surface area contributed by atoms with Crippen molar-refractivity contribution in [2.75, 3.05) is 26.2 Å². The predicted octanol–water partition coefficient (Wildman–Crippen LogP) is -0.609. The third-order valence-electron chi connectivity index (χ3n) is 1.99. The molecule has 1 atom stereocenters. The molecule has 1 unspecified atom stereocenters. The number of hydrogen-bond donors (Lipinski definition) is 2. The largest absolute Gasteiger partial charge is 0.418 e. The number of alkyl halides is 3. The van der Waals surface area contributed by atoms with E-state index in [-0.39, 0.29) is 13.1 Å². The van der Waals surface area contributed by atoms with E-state index in [2.05, 4.69) is 5.32 Å². The van der Waals surface area contributed by atoms with E-state index in [0.29, 0.717) is 13.1 Å². The molecule has 0 aromatic rings. The molecular weight excluding hydrogens is 221 g/mol. The molecule has 0 spiro atoms. The molecule has 0 aromatic carbocycles. The van der Waals surface area contributed by atoms with Crippen LogP contribution in [0.4, 0.5) is 13.2 Å². The summed E-state index contributed by atoms with van der Waals surface area (Å²) in [6, 6.07) is 0. The Labute approximate surface area is 81.0 Å². The summed E-state index contributed by atoms with van der Waals surface area (Å²) in [5.74, 6) is 0. The third kappa shape index (κ3) is 2.82. The molecule has 8 heteroatoms. The maximum atomic E-state index is 12.3. The Morgan fingerprint density at radius 2 is 1.71 bits per heavy atom. The fourth-order valence-corrected chi connectivity index (χ4v) is 2.12. The third-order valence-corrected chi connectivity index (χ3v) is 3.01. The highest BCUT2D eigenvalue weighted by molar-refractivity contribution is 7.73. The highest BCUT2D eigenvalue weighted by atomic mass is 32.2. The second-order valence-corrected chi connectivity index (χ2v) is 4.05. The summed E-state index contributed by atoms with van der Waals surface area (Å²) >= 11 is 0. The van der Waals surface area contributed by atoms with Gasteiger partial charge >= 0.3 is 6.18 Å². The number of nitrogens with zero attached hydrogens (tertiary/aromatic N) is 1. The van der Waals surface area contributed by atoms with Crippen LogP contribution in [0.5, 0.6) is 0 Å². The number of rotatable bonds is 2. The van der Waals surface area contributed by atoms with E-state index >= 15 is 0 Å². The molecule has 1 saturated heterocycles. The SMILES string of the molecule is O=[SH](=O)C(N1CCNCC1)C(F)(F)F. The number of thiol groups is 1. The molecule has 1 heterocycles. The van der Waals surface area contributed by atoms with Gasteiger partial charge in [-0.05, 0) is 0 Å². The van der Waals surface area contributed by atoms with Gasteiger partial charge in [-0.15, -0.1) is 0 Å². The van der Waals surface area contributed by atoms with Crippen molar-refractivity contribution in [3.8, 4) is 0 Å². The molecule has 0 radical (unpaired) electrons. The summed E-state index contributed by atoms with van der Waals surface area (Å²) in [4.78, 5) is 0.933. The standard InChI is InChI=1S/C6H11F3N2O2S/c7-6(8,9)5(14(12)13)11-3-1-10-2-4-11/h5,10,14H,1-4H2. The average Bonchev–Trinajstić information content (AvgIpc) is 2.02. The summed E-state index contributed by atoms with van der Waals surface area (Å²) in [6.45, 7) is 0.979. The molecule has 0 aromatic heterocycles. The van der Waals surface area contributed by atoms with Gasteiger partial charge in [-0.3, -0.25) is 4.90 Å². The Bertz CT molecular complexity index is 252. The zero-order valence-corrected chi connectivity index (χ0v) is 8.15. The van der Waals surface area contributed by atoms with Gasteiger partial charge in [0.05, 0.1) is 0 Å². The minimum absolute atomic E-state index is 0.105. The summed E-state index contributed by atoms with van der Waals surface area (Å²) in [6.07, 6.45) is -4.70. The van der Waals surface area contributed by atoms with Crippen molar-refractivity contribution >= 4 is 10.7 Å². The van der Waals surface area contributed by atoms with E-state index in [9.17, 15) is 21.6 Å². The van der Waals surface area contributed by atoms with Crippen LogP contribution in [0.3, 0.4) is 0 Å². The van der Waals surface area contributed by atoms with Crippen LogP contribution in [0.15, 0.2) is 0 Å². The summed E-state index contributed by atoms with van der Waals surface area (Å²) in [7, 11) is -3.50. The Kier molecular flexibility index (Phi) is 3.73. The zero-order valence-electron chi connectivity index (χ0n) is 7.25. The monoisotopic (exact) mass is 232 g/mol. The van der Waals surface area contributed by atoms with E-state index in [0.717, 1.165) is 4.90 Å². The maximum Gasteiger partial charge on any atom is 0.418 e. The van der Waals surface area contributed by atoms with Gasteiger partial charge in [0.1, 0.15) is 0 Å². The number of nitrogens with one attached hydrogen (secondary N) is 1. The normalized spacial score (nSPS) is 22.6. The van der Waals surface area contributed by atoms with Gasteiger partial charge in [-0.25, -0.2) is 8.42 Å². The lowest BCUT2D eigenvalue weighted by molar-refractivity contribution is -0.160. The van der Waals surface area contributed by atoms with Crippen LogP contribution < -0.4 is 5.32 Å². The van der Waals surface area contributed by atoms with Gasteiger partial charge in [0, 0.05) is 26.2 Å². The Hall–Kier alpha value is -0.340. The lowest BCUT2D eigenvalue weighted by atomic mass is 10.3. The Morgan fingerprint density at radius 3 is 2.07 bits per heavy atom. The van der Waals surface area contributed by atoms with Crippen molar-refractivity contribution in [2.24, 2.45) is 0 Å². The quantitative estimate of drug-likeness (QED) is 0.624. The fraction of sp³-hybridized carbons (Fsp3) is 1.00. The second kappa shape index (κ2) is 4.45. The Balaban J connectivity index is 2.76. The van der Waals surface area contributed by atoms with Crippen molar-refractivity contribution in [3.05, 3.63) is 0 Å². The average molecular weight is 232 g/mol. The van der Waals surface area contributed by atoms with Gasteiger partial charge in [0.25, 0.3) is 0 Å². The van der Waals surface area contributed by atoms with E-state index in [4.69, 9.17) is 0 Å². The fourth-order valence-electron chi connectivity index (χ4n) is 1.39. The highest BCUT2D eigenvalue weighted by Gasteiger charge is 2.46. The smallest absolute Gasteiger partial charge is 0.314 e. The van der Waals surface area contributed by atoms with Gasteiger partial charge in [0.15, 0.2) is 10.7 Å². The minimum Gasteiger partial charge on any atom is -0.314 e. The topological polar surface area (TPSA) is 49.4 Å². The van der Waals surface area contributed by atoms with Crippen LogP contribution in [0.2, 0.25) is 0 Å². The van der Waals surface area contributed by atoms with Crippen LogP contribution in [0, 0.1) is 0 Å². The van der Waals surface area contributed by atoms with Crippen molar-refractivity contribution < 1.29 is 21.6 Å². The summed E-state index contributed by atoms with van der Waals surface area (Å²) in [5.41, 5.74) is 0. The van der Waals surface area contributed by atoms with Gasteiger partial charge in [-0.2, -0.15) is 13.2 Å². The molecule has 4 nitrogen and oxygen atoms in total. The molecule has 0 aliphatic carbocycles. The number of piperazine rings is 1. The molecule has 84 valence electrons. The highest BCUT2D eigenvalue weighted by Crippen LogP contribution is 2.25. The molecule has 0 bridgehead atoms. The van der Waals surface area contributed by atoms with Crippen molar-refractivity contribution in [2.45, 2.75) is 11.6 Å². The first-order chi connectivity index (χ1) is 6.43. The van der Waals surface area contributed by atoms with Crippen LogP contribution in [-0.4, -0.2) is 51.0 Å². The van der Waals surface area contributed by atoms with Crippen molar-refractivity contribution in [3.63, 3.8) is 0 Å². The zero-order chi connectivity index (χ0) is 10.8. The van der Waals surface area contributed by atoms with Crippen molar-refractivity contribution in [1.29, 1.82) is 0 Å². The van der Waals surface area contributed by atoms with Gasteiger partial charge < -0.3 is 5.32 Å². The van der Waals surface area contributed by atoms with E-state index in [1.807, 2.05) is 0 Å². The molecule has 0 amide bonds. The van der Waals surface area contributed by atoms with Crippen LogP contribution >= 0.6 is 0 Å². The molecule has 1 aliphatic rings. The summed E-state index contributed by atoms with van der Waals surface area (Å²) in [5, 5.41) is 0.520. The Morgan fingerprint density at radius 1 is 1.21 bits per heavy atom. The van der Waals surface area contributed by atoms with Crippen LogP contribution in [-0.2, 0) is 10.7 Å². The van der Waals surface area contributed by atoms with E-state index in [1.165, 1.54) is 0 Å². The van der Waals surface area contributed by atoms with Gasteiger partial charge in [-0.1, -0.05) is 0 Å². The number of hydrogen-bond acceptors (Lipinski definition) is 4. The first kappa shape index (κ1) is 11.7. The number of halogens is 3. The first-order valence-corrected chi connectivity index (χ1v) is 5.32. The van der Waals surface area contributed by atoms with E-state index < -0.39 is 22.3 Å². The second-order valence-electron chi connectivity index (χ2n) is 2.99. The predicted molar refractivity (Wildman–Crippen MR) is 44.6 cm³/mol. The lowest BCUT2D eigenvalue weighted by Crippen LogP contribution is -2.54. The molecular formula is C6H11F3N2O2S. The van der Waals surface area contributed by atoms with Crippen LogP contribution in [0.25, 0.3) is 0 Å². The first-order valence-electron chi connectivity index (χ1n) is 4.08. The molecule has 1 N–H and O–H groups in total.